The smallest absolute Gasteiger partial charge is 0.165 e. The second kappa shape index (κ2) is 6.50. The maximum atomic E-state index is 5.74. The number of ether oxygens (including phenoxy) is 2. The molecule has 0 radical (unpaired) electrons. The Morgan fingerprint density at radius 1 is 1.10 bits per heavy atom. The van der Waals surface area contributed by atoms with E-state index in [9.17, 15) is 0 Å². The van der Waals surface area contributed by atoms with E-state index in [1.807, 2.05) is 18.2 Å². The van der Waals surface area contributed by atoms with E-state index < -0.39 is 0 Å². The van der Waals surface area contributed by atoms with E-state index in [1.165, 1.54) is 5.56 Å². The van der Waals surface area contributed by atoms with Crippen LogP contribution >= 0.6 is 15.9 Å². The molecule has 0 saturated heterocycles. The van der Waals surface area contributed by atoms with Gasteiger partial charge in [0.05, 0.1) is 0 Å². The first-order valence-electron chi connectivity index (χ1n) is 7.11. The van der Waals surface area contributed by atoms with Crippen LogP contribution in [-0.2, 0) is 6.54 Å². The summed E-state index contributed by atoms with van der Waals surface area (Å²) in [5, 5.41) is 3.54. The lowest BCUT2D eigenvalue weighted by molar-refractivity contribution is 0.169. The van der Waals surface area contributed by atoms with Crippen molar-refractivity contribution in [2.75, 3.05) is 13.2 Å². The highest BCUT2D eigenvalue weighted by Crippen LogP contribution is 2.34. The Kier molecular flexibility index (Phi) is 4.46. The van der Waals surface area contributed by atoms with Gasteiger partial charge < -0.3 is 14.8 Å². The summed E-state index contributed by atoms with van der Waals surface area (Å²) in [6.45, 7) is 4.14. The maximum Gasteiger partial charge on any atom is 0.165 e. The van der Waals surface area contributed by atoms with E-state index >= 15 is 0 Å². The molecule has 3 nitrogen and oxygen atoms in total. The van der Waals surface area contributed by atoms with Crippen molar-refractivity contribution < 1.29 is 9.47 Å². The summed E-state index contributed by atoms with van der Waals surface area (Å²) >= 11 is 3.60. The SMILES string of the molecule is CC(NCc1cccc2c1OCCO2)c1ccccc1Br. The molecular formula is C17H18BrNO2. The summed E-state index contributed by atoms with van der Waals surface area (Å²) in [5.74, 6) is 1.71. The van der Waals surface area contributed by atoms with Gasteiger partial charge in [0.25, 0.3) is 0 Å². The van der Waals surface area contributed by atoms with Crippen molar-refractivity contribution in [2.24, 2.45) is 0 Å². The minimum Gasteiger partial charge on any atom is -0.486 e. The van der Waals surface area contributed by atoms with Crippen LogP contribution in [0.5, 0.6) is 11.5 Å². The van der Waals surface area contributed by atoms with E-state index in [0.29, 0.717) is 13.2 Å². The van der Waals surface area contributed by atoms with E-state index in [0.717, 1.165) is 28.1 Å². The Morgan fingerprint density at radius 3 is 2.76 bits per heavy atom. The number of fused-ring (bicyclic) bond motifs is 1. The highest BCUT2D eigenvalue weighted by atomic mass is 79.9. The molecule has 110 valence electrons. The molecule has 0 aromatic heterocycles. The fourth-order valence-corrected chi connectivity index (χ4v) is 3.10. The van der Waals surface area contributed by atoms with Gasteiger partial charge in [-0.25, -0.2) is 0 Å². The highest BCUT2D eigenvalue weighted by molar-refractivity contribution is 9.10. The van der Waals surface area contributed by atoms with Crippen LogP contribution < -0.4 is 14.8 Å². The average molecular weight is 348 g/mol. The molecule has 1 unspecified atom stereocenters. The molecule has 1 aliphatic heterocycles. The predicted molar refractivity (Wildman–Crippen MR) is 86.8 cm³/mol. The van der Waals surface area contributed by atoms with E-state index in [4.69, 9.17) is 9.47 Å². The van der Waals surface area contributed by atoms with Gasteiger partial charge in [0.15, 0.2) is 11.5 Å². The quantitative estimate of drug-likeness (QED) is 0.904. The molecule has 0 aliphatic carbocycles. The van der Waals surface area contributed by atoms with Crippen LogP contribution in [0.1, 0.15) is 24.1 Å². The van der Waals surface area contributed by atoms with Crippen molar-refractivity contribution in [3.05, 3.63) is 58.1 Å². The number of benzene rings is 2. The first kappa shape index (κ1) is 14.4. The first-order valence-corrected chi connectivity index (χ1v) is 7.90. The average Bonchev–Trinajstić information content (AvgIpc) is 2.53. The van der Waals surface area contributed by atoms with Crippen molar-refractivity contribution in [3.63, 3.8) is 0 Å². The van der Waals surface area contributed by atoms with Gasteiger partial charge in [0.2, 0.25) is 0 Å². The molecular weight excluding hydrogens is 330 g/mol. The highest BCUT2D eigenvalue weighted by Gasteiger charge is 2.16. The molecule has 1 N–H and O–H groups in total. The Bertz CT molecular complexity index is 630. The molecule has 3 rings (SSSR count). The second-order valence-electron chi connectivity index (χ2n) is 5.07. The standard InChI is InChI=1S/C17H18BrNO2/c1-12(14-6-2-3-7-15(14)18)19-11-13-5-4-8-16-17(13)21-10-9-20-16/h2-8,12,19H,9-11H2,1H3. The minimum atomic E-state index is 0.251. The van der Waals surface area contributed by atoms with Gasteiger partial charge in [-0.1, -0.05) is 46.3 Å². The number of hydrogen-bond donors (Lipinski definition) is 1. The van der Waals surface area contributed by atoms with Gasteiger partial charge in [0, 0.05) is 22.6 Å². The summed E-state index contributed by atoms with van der Waals surface area (Å²) in [4.78, 5) is 0. The van der Waals surface area contributed by atoms with Crippen LogP contribution in [0.15, 0.2) is 46.9 Å². The van der Waals surface area contributed by atoms with Crippen molar-refractivity contribution in [2.45, 2.75) is 19.5 Å². The molecule has 1 atom stereocenters. The third-order valence-corrected chi connectivity index (χ3v) is 4.34. The molecule has 0 spiro atoms. The predicted octanol–water partition coefficient (Wildman–Crippen LogP) is 4.07. The first-order chi connectivity index (χ1) is 10.3. The summed E-state index contributed by atoms with van der Waals surface area (Å²) in [7, 11) is 0. The number of nitrogens with one attached hydrogen (secondary N) is 1. The summed E-state index contributed by atoms with van der Waals surface area (Å²) < 4.78 is 12.5. The Balaban J connectivity index is 1.72. The molecule has 4 heteroatoms. The Labute approximate surface area is 133 Å². The van der Waals surface area contributed by atoms with E-state index in [1.54, 1.807) is 0 Å². The maximum absolute atomic E-state index is 5.74. The van der Waals surface area contributed by atoms with Crippen LogP contribution in [0.2, 0.25) is 0 Å². The monoisotopic (exact) mass is 347 g/mol. The molecule has 0 fully saturated rings. The van der Waals surface area contributed by atoms with Gasteiger partial charge in [-0.15, -0.1) is 0 Å². The largest absolute Gasteiger partial charge is 0.486 e. The molecule has 1 heterocycles. The normalized spacial score (nSPS) is 14.8. The Hall–Kier alpha value is -1.52. The van der Waals surface area contributed by atoms with Crippen LogP contribution in [-0.4, -0.2) is 13.2 Å². The third kappa shape index (κ3) is 3.22. The van der Waals surface area contributed by atoms with Crippen LogP contribution in [0.25, 0.3) is 0 Å². The summed E-state index contributed by atoms with van der Waals surface area (Å²) in [6, 6.07) is 14.6. The van der Waals surface area contributed by atoms with Crippen LogP contribution in [0.4, 0.5) is 0 Å². The minimum absolute atomic E-state index is 0.251. The topological polar surface area (TPSA) is 30.5 Å². The lowest BCUT2D eigenvalue weighted by Crippen LogP contribution is -2.21. The molecule has 2 aromatic rings. The van der Waals surface area contributed by atoms with Crippen LogP contribution in [0.3, 0.4) is 0 Å². The lowest BCUT2D eigenvalue weighted by Gasteiger charge is -2.22. The number of halogens is 1. The summed E-state index contributed by atoms with van der Waals surface area (Å²) in [5.41, 5.74) is 2.38. The Morgan fingerprint density at radius 2 is 1.90 bits per heavy atom. The van der Waals surface area contributed by atoms with E-state index in [-0.39, 0.29) is 6.04 Å². The van der Waals surface area contributed by atoms with Gasteiger partial charge in [-0.05, 0) is 24.6 Å². The third-order valence-electron chi connectivity index (χ3n) is 3.62. The van der Waals surface area contributed by atoms with Crippen LogP contribution in [0, 0.1) is 0 Å². The zero-order chi connectivity index (χ0) is 14.7. The molecule has 0 saturated carbocycles. The zero-order valence-electron chi connectivity index (χ0n) is 11.9. The zero-order valence-corrected chi connectivity index (χ0v) is 13.5. The van der Waals surface area contributed by atoms with Crippen molar-refractivity contribution >= 4 is 15.9 Å². The summed E-state index contributed by atoms with van der Waals surface area (Å²) in [6.07, 6.45) is 0. The molecule has 0 amide bonds. The van der Waals surface area contributed by atoms with Gasteiger partial charge in [0.1, 0.15) is 13.2 Å². The fourth-order valence-electron chi connectivity index (χ4n) is 2.47. The van der Waals surface area contributed by atoms with Gasteiger partial charge >= 0.3 is 0 Å². The molecule has 1 aliphatic rings. The number of rotatable bonds is 4. The second-order valence-corrected chi connectivity index (χ2v) is 5.92. The van der Waals surface area contributed by atoms with Crippen molar-refractivity contribution in [1.29, 1.82) is 0 Å². The molecule has 2 aromatic carbocycles. The number of hydrogen-bond acceptors (Lipinski definition) is 3. The molecule has 21 heavy (non-hydrogen) atoms. The van der Waals surface area contributed by atoms with Gasteiger partial charge in [-0.2, -0.15) is 0 Å². The van der Waals surface area contributed by atoms with Crippen molar-refractivity contribution in [3.8, 4) is 11.5 Å². The number of para-hydroxylation sites is 1. The van der Waals surface area contributed by atoms with Gasteiger partial charge in [-0.3, -0.25) is 0 Å². The lowest BCUT2D eigenvalue weighted by atomic mass is 10.1. The molecule has 0 bridgehead atoms. The fraction of sp³-hybridized carbons (Fsp3) is 0.294. The van der Waals surface area contributed by atoms with Crippen molar-refractivity contribution in [1.82, 2.24) is 5.32 Å². The van der Waals surface area contributed by atoms with E-state index in [2.05, 4.69) is 52.4 Å².